The number of rotatable bonds is 44. The summed E-state index contributed by atoms with van der Waals surface area (Å²) >= 11 is 0. The number of carboxylic acids is 1. The lowest BCUT2D eigenvalue weighted by Gasteiger charge is -2.20. The molecule has 4 N–H and O–H groups in total. The van der Waals surface area contributed by atoms with Gasteiger partial charge in [0.25, 0.3) is 0 Å². The fraction of sp³-hybridized carbons (Fsp3) is 0.787. The van der Waals surface area contributed by atoms with Crippen LogP contribution in [0.1, 0.15) is 200 Å². The fourth-order valence-corrected chi connectivity index (χ4v) is 7.04. The van der Waals surface area contributed by atoms with E-state index in [9.17, 15) is 19.0 Å². The molecule has 0 fully saturated rings. The van der Waals surface area contributed by atoms with Gasteiger partial charge in [0.1, 0.15) is 12.1 Å². The van der Waals surface area contributed by atoms with Crippen molar-refractivity contribution >= 4 is 19.8 Å². The summed E-state index contributed by atoms with van der Waals surface area (Å²) < 4.78 is 33.4. The average molecular weight is 840 g/mol. The zero-order chi connectivity index (χ0) is 42.6. The van der Waals surface area contributed by atoms with Gasteiger partial charge in [-0.15, -0.1) is 0 Å². The topological polar surface area (TPSA) is 155 Å². The van der Waals surface area contributed by atoms with Gasteiger partial charge < -0.3 is 25.2 Å². The number of nitrogens with two attached hydrogens (primary N) is 1. The summed E-state index contributed by atoms with van der Waals surface area (Å²) in [7, 11) is -4.62. The van der Waals surface area contributed by atoms with Crippen LogP contribution < -0.4 is 5.73 Å². The van der Waals surface area contributed by atoms with Crippen molar-refractivity contribution in [2.24, 2.45) is 5.73 Å². The molecule has 0 aliphatic heterocycles. The molecule has 58 heavy (non-hydrogen) atoms. The Morgan fingerprint density at radius 3 is 1.52 bits per heavy atom. The van der Waals surface area contributed by atoms with Crippen molar-refractivity contribution in [3.63, 3.8) is 0 Å². The van der Waals surface area contributed by atoms with E-state index in [4.69, 9.17) is 29.4 Å². The van der Waals surface area contributed by atoms with Crippen molar-refractivity contribution in [1.82, 2.24) is 0 Å². The number of carbonyl (C=O) groups is 2. The number of aliphatic carboxylic acids is 1. The van der Waals surface area contributed by atoms with Crippen LogP contribution in [0.3, 0.4) is 0 Å². The molecule has 0 aliphatic rings. The average Bonchev–Trinajstić information content (AvgIpc) is 3.20. The van der Waals surface area contributed by atoms with Crippen molar-refractivity contribution < 1.29 is 42.7 Å². The van der Waals surface area contributed by atoms with Crippen molar-refractivity contribution in [3.8, 4) is 0 Å². The fourth-order valence-electron chi connectivity index (χ4n) is 6.26. The number of hydrogen-bond acceptors (Lipinski definition) is 8. The van der Waals surface area contributed by atoms with Crippen molar-refractivity contribution in [2.75, 3.05) is 26.4 Å². The highest BCUT2D eigenvalue weighted by molar-refractivity contribution is 7.47. The van der Waals surface area contributed by atoms with Crippen LogP contribution >= 0.6 is 7.82 Å². The minimum absolute atomic E-state index is 0.00965. The molecule has 0 radical (unpaired) electrons. The molecule has 11 heteroatoms. The predicted molar refractivity (Wildman–Crippen MR) is 240 cm³/mol. The van der Waals surface area contributed by atoms with Gasteiger partial charge in [-0.25, -0.2) is 4.57 Å². The van der Waals surface area contributed by atoms with Crippen LogP contribution in [0, 0.1) is 0 Å². The van der Waals surface area contributed by atoms with E-state index >= 15 is 0 Å². The number of esters is 1. The second-order valence-corrected chi connectivity index (χ2v) is 17.0. The summed E-state index contributed by atoms with van der Waals surface area (Å²) in [6.07, 6.45) is 50.2. The van der Waals surface area contributed by atoms with E-state index < -0.39 is 45.1 Å². The SMILES string of the molecule is CC/C=C\C/C=C\C/C=C\CCCCCCCCCCOCC(COP(=O)(O)OCC(N)C(=O)O)OC(=O)CCCCCCCCC/C=C\CCCCCCCCC. The lowest BCUT2D eigenvalue weighted by Crippen LogP contribution is -2.34. The van der Waals surface area contributed by atoms with Crippen LogP contribution in [-0.2, 0) is 32.7 Å². The molecule has 10 nitrogen and oxygen atoms in total. The van der Waals surface area contributed by atoms with Gasteiger partial charge in [-0.1, -0.05) is 172 Å². The Hall–Kier alpha value is -2.07. The first-order valence-corrected chi connectivity index (χ1v) is 24.7. The van der Waals surface area contributed by atoms with E-state index in [1.165, 1.54) is 103 Å². The molecule has 0 bridgehead atoms. The molecule has 338 valence electrons. The molecule has 0 aromatic carbocycles. The zero-order valence-corrected chi connectivity index (χ0v) is 37.8. The molecule has 3 unspecified atom stereocenters. The molecular formula is C47H86NO9P. The summed E-state index contributed by atoms with van der Waals surface area (Å²) in [6.45, 7) is 3.76. The number of phosphoric ester groups is 1. The maximum Gasteiger partial charge on any atom is 0.472 e. The summed E-state index contributed by atoms with van der Waals surface area (Å²) in [6, 6.07) is -1.48. The third kappa shape index (κ3) is 42.1. The van der Waals surface area contributed by atoms with Crippen LogP contribution in [-0.4, -0.2) is 60.5 Å². The summed E-state index contributed by atoms with van der Waals surface area (Å²) in [5.74, 6) is -1.78. The standard InChI is InChI=1S/C47H86NO9P/c1-3-5-7-9-11-13-15-17-19-21-23-25-27-29-31-33-35-37-39-46(49)57-44(42-55-58(52,53)56-43-45(48)47(50)51)41-54-40-38-36-34-32-30-28-26-24-22-20-18-16-14-12-10-8-6-4-2/h6,8,12,14,18-21,44-45H,3-5,7,9-11,13,15-17,22-43,48H2,1-2H3,(H,50,51)(H,52,53)/b8-6-,14-12-,20-18-,21-19-. The Morgan fingerprint density at radius 2 is 1.00 bits per heavy atom. The maximum atomic E-state index is 12.7. The molecule has 0 aromatic rings. The first-order valence-electron chi connectivity index (χ1n) is 23.2. The Balaban J connectivity index is 4.22. The molecule has 0 aliphatic carbocycles. The molecule has 0 saturated carbocycles. The zero-order valence-electron chi connectivity index (χ0n) is 36.9. The van der Waals surface area contributed by atoms with Crippen LogP contribution in [0.25, 0.3) is 0 Å². The molecule has 0 heterocycles. The lowest BCUT2D eigenvalue weighted by atomic mass is 10.1. The molecule has 0 saturated heterocycles. The van der Waals surface area contributed by atoms with E-state index in [0.29, 0.717) is 13.0 Å². The normalized spacial score (nSPS) is 14.3. The number of carboxylic acid groups (broad SMARTS) is 1. The minimum atomic E-state index is -4.62. The van der Waals surface area contributed by atoms with Gasteiger partial charge in [0.2, 0.25) is 0 Å². The Bertz CT molecular complexity index is 1110. The van der Waals surface area contributed by atoms with Gasteiger partial charge in [-0.3, -0.25) is 18.6 Å². The number of phosphoric acid groups is 1. The largest absolute Gasteiger partial charge is 0.480 e. The first kappa shape index (κ1) is 55.9. The van der Waals surface area contributed by atoms with Gasteiger partial charge >= 0.3 is 19.8 Å². The van der Waals surface area contributed by atoms with E-state index in [-0.39, 0.29) is 13.0 Å². The van der Waals surface area contributed by atoms with Crippen LogP contribution in [0.5, 0.6) is 0 Å². The Morgan fingerprint density at radius 1 is 0.569 bits per heavy atom. The summed E-state index contributed by atoms with van der Waals surface area (Å²) in [4.78, 5) is 33.6. The predicted octanol–water partition coefficient (Wildman–Crippen LogP) is 13.0. The molecule has 0 amide bonds. The monoisotopic (exact) mass is 840 g/mol. The van der Waals surface area contributed by atoms with Crippen LogP contribution in [0.15, 0.2) is 48.6 Å². The van der Waals surface area contributed by atoms with Gasteiger partial charge in [-0.2, -0.15) is 0 Å². The molecular weight excluding hydrogens is 753 g/mol. The molecule has 0 spiro atoms. The number of unbranched alkanes of at least 4 members (excludes halogenated alkanes) is 22. The maximum absolute atomic E-state index is 12.7. The number of carbonyl (C=O) groups excluding carboxylic acids is 1. The van der Waals surface area contributed by atoms with E-state index in [2.05, 4.69) is 62.5 Å². The Labute approximate surface area is 354 Å². The first-order chi connectivity index (χ1) is 28.2. The van der Waals surface area contributed by atoms with Crippen molar-refractivity contribution in [1.29, 1.82) is 0 Å². The third-order valence-electron chi connectivity index (χ3n) is 9.84. The second kappa shape index (κ2) is 43.0. The molecule has 0 rings (SSSR count). The highest BCUT2D eigenvalue weighted by atomic mass is 31.2. The third-order valence-corrected chi connectivity index (χ3v) is 10.8. The number of allylic oxidation sites excluding steroid dienone is 8. The lowest BCUT2D eigenvalue weighted by molar-refractivity contribution is -0.154. The van der Waals surface area contributed by atoms with E-state index in [1.807, 2.05) is 0 Å². The van der Waals surface area contributed by atoms with Crippen LogP contribution in [0.2, 0.25) is 0 Å². The smallest absolute Gasteiger partial charge is 0.472 e. The van der Waals surface area contributed by atoms with E-state index in [1.54, 1.807) is 0 Å². The summed E-state index contributed by atoms with van der Waals surface area (Å²) in [5, 5.41) is 8.91. The van der Waals surface area contributed by atoms with Gasteiger partial charge in [0.05, 0.1) is 19.8 Å². The number of hydrogen-bond donors (Lipinski definition) is 3. The Kier molecular flexibility index (Phi) is 41.5. The molecule has 0 aromatic heterocycles. The quantitative estimate of drug-likeness (QED) is 0.0234. The van der Waals surface area contributed by atoms with E-state index in [0.717, 1.165) is 70.6 Å². The van der Waals surface area contributed by atoms with Gasteiger partial charge in [0, 0.05) is 13.0 Å². The van der Waals surface area contributed by atoms with Crippen molar-refractivity contribution in [2.45, 2.75) is 212 Å². The minimum Gasteiger partial charge on any atom is -0.480 e. The van der Waals surface area contributed by atoms with Crippen LogP contribution in [0.4, 0.5) is 0 Å². The number of ether oxygens (including phenoxy) is 2. The highest BCUT2D eigenvalue weighted by Gasteiger charge is 2.27. The second-order valence-electron chi connectivity index (χ2n) is 15.5. The molecule has 3 atom stereocenters. The van der Waals surface area contributed by atoms with Gasteiger partial charge in [0.15, 0.2) is 0 Å². The van der Waals surface area contributed by atoms with Crippen molar-refractivity contribution in [3.05, 3.63) is 48.6 Å². The van der Waals surface area contributed by atoms with Gasteiger partial charge in [-0.05, 0) is 70.6 Å². The summed E-state index contributed by atoms with van der Waals surface area (Å²) in [5.41, 5.74) is 5.36. The highest BCUT2D eigenvalue weighted by Crippen LogP contribution is 2.43.